The highest BCUT2D eigenvalue weighted by Gasteiger charge is 2.18. The summed E-state index contributed by atoms with van der Waals surface area (Å²) in [5, 5.41) is 3.83. The molecule has 0 atom stereocenters. The highest BCUT2D eigenvalue weighted by atomic mass is 35.5. The second kappa shape index (κ2) is 2.83. The largest absolute Gasteiger partial charge is 0.376 e. The molecule has 11 heavy (non-hydrogen) atoms. The van der Waals surface area contributed by atoms with Crippen LogP contribution in [0.5, 0.6) is 0 Å². The number of aromatic nitrogens is 1. The number of fused-ring (bicyclic) bond motifs is 1. The first kappa shape index (κ1) is 7.13. The quantitative estimate of drug-likeness (QED) is 0.604. The molecule has 60 valence electrons. The normalized spacial score (nSPS) is 16.5. The lowest BCUT2D eigenvalue weighted by Crippen LogP contribution is -2.08. The highest BCUT2D eigenvalue weighted by Crippen LogP contribution is 2.21. The summed E-state index contributed by atoms with van der Waals surface area (Å²) in [6.07, 6.45) is 0.819. The Balaban J connectivity index is 2.38. The fraction of sp³-hybridized carbons (Fsp3) is 0.571. The predicted octanol–water partition coefficient (Wildman–Crippen LogP) is 1.49. The molecule has 0 saturated carbocycles. The van der Waals surface area contributed by atoms with Gasteiger partial charge in [0.2, 0.25) is 0 Å². The maximum absolute atomic E-state index is 5.63. The van der Waals surface area contributed by atoms with Crippen molar-refractivity contribution in [3.63, 3.8) is 0 Å². The van der Waals surface area contributed by atoms with E-state index in [0.29, 0.717) is 12.5 Å². The summed E-state index contributed by atoms with van der Waals surface area (Å²) >= 11 is 5.63. The number of nitrogens with zero attached hydrogens (tertiary/aromatic N) is 1. The van der Waals surface area contributed by atoms with Gasteiger partial charge in [0, 0.05) is 12.0 Å². The van der Waals surface area contributed by atoms with Crippen LogP contribution in [-0.4, -0.2) is 11.8 Å². The summed E-state index contributed by atoms with van der Waals surface area (Å²) < 4.78 is 10.3. The van der Waals surface area contributed by atoms with E-state index in [1.54, 1.807) is 0 Å². The standard InChI is InChI=1S/C7H8ClNO2/c8-3-6-5-4-10-2-1-7(5)11-9-6/h1-4H2. The summed E-state index contributed by atoms with van der Waals surface area (Å²) in [6, 6.07) is 0. The molecule has 0 radical (unpaired) electrons. The molecule has 0 spiro atoms. The third-order valence-electron chi connectivity index (χ3n) is 1.80. The number of alkyl halides is 1. The second-order valence-corrected chi connectivity index (χ2v) is 2.73. The monoisotopic (exact) mass is 173 g/mol. The Kier molecular flexibility index (Phi) is 1.84. The third kappa shape index (κ3) is 1.14. The number of rotatable bonds is 1. The van der Waals surface area contributed by atoms with Crippen LogP contribution in [0, 0.1) is 0 Å². The van der Waals surface area contributed by atoms with Crippen LogP contribution < -0.4 is 0 Å². The zero-order chi connectivity index (χ0) is 7.68. The molecule has 0 N–H and O–H groups in total. The summed E-state index contributed by atoms with van der Waals surface area (Å²) in [5.74, 6) is 1.34. The topological polar surface area (TPSA) is 35.3 Å². The van der Waals surface area contributed by atoms with Crippen molar-refractivity contribution in [2.75, 3.05) is 6.61 Å². The van der Waals surface area contributed by atoms with Crippen molar-refractivity contribution in [1.29, 1.82) is 0 Å². The molecule has 4 heteroatoms. The molecular formula is C7H8ClNO2. The van der Waals surface area contributed by atoms with Crippen LogP contribution in [0.1, 0.15) is 17.0 Å². The summed E-state index contributed by atoms with van der Waals surface area (Å²) in [7, 11) is 0. The molecule has 0 aromatic carbocycles. The maximum atomic E-state index is 5.63. The smallest absolute Gasteiger partial charge is 0.144 e. The SMILES string of the molecule is ClCc1noc2c1COCC2. The average Bonchev–Trinajstić information content (AvgIpc) is 2.47. The summed E-state index contributed by atoms with van der Waals surface area (Å²) in [6.45, 7) is 1.32. The van der Waals surface area contributed by atoms with Gasteiger partial charge in [-0.3, -0.25) is 0 Å². The predicted molar refractivity (Wildman–Crippen MR) is 39.4 cm³/mol. The van der Waals surface area contributed by atoms with E-state index in [-0.39, 0.29) is 0 Å². The highest BCUT2D eigenvalue weighted by molar-refractivity contribution is 6.17. The van der Waals surface area contributed by atoms with Crippen LogP contribution in [0.4, 0.5) is 0 Å². The molecule has 2 rings (SSSR count). The molecule has 3 nitrogen and oxygen atoms in total. The Morgan fingerprint density at radius 1 is 1.55 bits per heavy atom. The molecule has 1 aromatic rings. The molecule has 0 amide bonds. The Hall–Kier alpha value is -0.540. The Bertz CT molecular complexity index is 245. The molecular weight excluding hydrogens is 166 g/mol. The fourth-order valence-electron chi connectivity index (χ4n) is 1.19. The minimum absolute atomic E-state index is 0.405. The van der Waals surface area contributed by atoms with E-state index in [2.05, 4.69) is 5.16 Å². The van der Waals surface area contributed by atoms with E-state index in [4.69, 9.17) is 20.9 Å². The number of ether oxygens (including phenoxy) is 1. The van der Waals surface area contributed by atoms with Crippen molar-refractivity contribution in [2.24, 2.45) is 0 Å². The van der Waals surface area contributed by atoms with Crippen LogP contribution >= 0.6 is 11.6 Å². The zero-order valence-corrected chi connectivity index (χ0v) is 6.73. The Morgan fingerprint density at radius 3 is 3.27 bits per heavy atom. The van der Waals surface area contributed by atoms with Crippen molar-refractivity contribution in [3.8, 4) is 0 Å². The molecule has 0 saturated heterocycles. The maximum Gasteiger partial charge on any atom is 0.144 e. The molecule has 0 fully saturated rings. The van der Waals surface area contributed by atoms with Gasteiger partial charge in [-0.1, -0.05) is 5.16 Å². The van der Waals surface area contributed by atoms with Gasteiger partial charge in [-0.15, -0.1) is 11.6 Å². The van der Waals surface area contributed by atoms with E-state index in [1.165, 1.54) is 0 Å². The Morgan fingerprint density at radius 2 is 2.45 bits per heavy atom. The lowest BCUT2D eigenvalue weighted by molar-refractivity contribution is 0.102. The van der Waals surface area contributed by atoms with Gasteiger partial charge in [0.1, 0.15) is 11.5 Å². The van der Waals surface area contributed by atoms with Crippen LogP contribution in [-0.2, 0) is 23.6 Å². The van der Waals surface area contributed by atoms with Gasteiger partial charge < -0.3 is 9.26 Å². The number of hydrogen-bond acceptors (Lipinski definition) is 3. The molecule has 1 aromatic heterocycles. The van der Waals surface area contributed by atoms with Crippen LogP contribution in [0.15, 0.2) is 4.52 Å². The minimum Gasteiger partial charge on any atom is -0.376 e. The van der Waals surface area contributed by atoms with E-state index < -0.39 is 0 Å². The first-order valence-corrected chi connectivity index (χ1v) is 4.05. The van der Waals surface area contributed by atoms with Gasteiger partial charge in [0.25, 0.3) is 0 Å². The van der Waals surface area contributed by atoms with Crippen LogP contribution in [0.25, 0.3) is 0 Å². The van der Waals surface area contributed by atoms with Crippen molar-refractivity contribution in [1.82, 2.24) is 5.16 Å². The first-order chi connectivity index (χ1) is 5.42. The minimum atomic E-state index is 0.405. The number of hydrogen-bond donors (Lipinski definition) is 0. The molecule has 0 bridgehead atoms. The molecule has 1 aliphatic rings. The van der Waals surface area contributed by atoms with Gasteiger partial charge in [0.05, 0.1) is 19.1 Å². The van der Waals surface area contributed by atoms with Crippen molar-refractivity contribution in [2.45, 2.75) is 18.9 Å². The van der Waals surface area contributed by atoms with Gasteiger partial charge in [-0.25, -0.2) is 0 Å². The second-order valence-electron chi connectivity index (χ2n) is 2.47. The van der Waals surface area contributed by atoms with Gasteiger partial charge in [0.15, 0.2) is 0 Å². The van der Waals surface area contributed by atoms with E-state index in [9.17, 15) is 0 Å². The molecule has 0 unspecified atom stereocenters. The molecule has 0 aliphatic carbocycles. The van der Waals surface area contributed by atoms with Gasteiger partial charge in [-0.2, -0.15) is 0 Å². The van der Waals surface area contributed by atoms with Crippen molar-refractivity contribution < 1.29 is 9.26 Å². The van der Waals surface area contributed by atoms with Gasteiger partial charge >= 0.3 is 0 Å². The van der Waals surface area contributed by atoms with E-state index >= 15 is 0 Å². The van der Waals surface area contributed by atoms with Crippen LogP contribution in [0.3, 0.4) is 0 Å². The summed E-state index contributed by atoms with van der Waals surface area (Å²) in [5.41, 5.74) is 1.87. The van der Waals surface area contributed by atoms with E-state index in [0.717, 1.165) is 30.0 Å². The van der Waals surface area contributed by atoms with Crippen molar-refractivity contribution in [3.05, 3.63) is 17.0 Å². The average molecular weight is 174 g/mol. The Labute approximate surface area is 69.3 Å². The van der Waals surface area contributed by atoms with Crippen molar-refractivity contribution >= 4 is 11.6 Å². The zero-order valence-electron chi connectivity index (χ0n) is 5.97. The lowest BCUT2D eigenvalue weighted by Gasteiger charge is -2.09. The molecule has 2 heterocycles. The fourth-order valence-corrected chi connectivity index (χ4v) is 1.40. The number of halogens is 1. The first-order valence-electron chi connectivity index (χ1n) is 3.52. The van der Waals surface area contributed by atoms with E-state index in [1.807, 2.05) is 0 Å². The van der Waals surface area contributed by atoms with Crippen LogP contribution in [0.2, 0.25) is 0 Å². The lowest BCUT2D eigenvalue weighted by atomic mass is 10.1. The summed E-state index contributed by atoms with van der Waals surface area (Å²) in [4.78, 5) is 0. The molecule has 1 aliphatic heterocycles. The van der Waals surface area contributed by atoms with Gasteiger partial charge in [-0.05, 0) is 0 Å². The third-order valence-corrected chi connectivity index (χ3v) is 2.05.